The molecule has 98 valence electrons. The van der Waals surface area contributed by atoms with Gasteiger partial charge < -0.3 is 11.1 Å². The van der Waals surface area contributed by atoms with Gasteiger partial charge in [0.25, 0.3) is 5.91 Å². The van der Waals surface area contributed by atoms with E-state index in [9.17, 15) is 9.18 Å². The lowest BCUT2D eigenvalue weighted by Gasteiger charge is -2.10. The molecule has 0 aliphatic rings. The van der Waals surface area contributed by atoms with Gasteiger partial charge in [0.2, 0.25) is 0 Å². The van der Waals surface area contributed by atoms with Crippen LogP contribution in [0.4, 0.5) is 15.8 Å². The second kappa shape index (κ2) is 5.71. The fraction of sp³-hybridized carbons (Fsp3) is 0. The summed E-state index contributed by atoms with van der Waals surface area (Å²) in [5, 5.41) is 2.67. The largest absolute Gasteiger partial charge is 0.396 e. The third-order valence-corrected chi connectivity index (χ3v) is 3.66. The zero-order chi connectivity index (χ0) is 14.0. The molecule has 2 aromatic carbocycles. The van der Waals surface area contributed by atoms with E-state index in [0.29, 0.717) is 5.69 Å². The first-order chi connectivity index (χ1) is 8.99. The van der Waals surface area contributed by atoms with Crippen LogP contribution in [0.3, 0.4) is 0 Å². The van der Waals surface area contributed by atoms with Gasteiger partial charge in [0.05, 0.1) is 16.9 Å². The van der Waals surface area contributed by atoms with Crippen LogP contribution in [0.25, 0.3) is 0 Å². The summed E-state index contributed by atoms with van der Waals surface area (Å²) in [5.74, 6) is -1.07. The van der Waals surface area contributed by atoms with Gasteiger partial charge in [-0.15, -0.1) is 0 Å². The van der Waals surface area contributed by atoms with Crippen molar-refractivity contribution < 1.29 is 9.18 Å². The maximum Gasteiger partial charge on any atom is 0.257 e. The predicted molar refractivity (Wildman–Crippen MR) is 80.6 cm³/mol. The fourth-order valence-corrected chi connectivity index (χ4v) is 2.22. The van der Waals surface area contributed by atoms with E-state index in [4.69, 9.17) is 5.73 Å². The summed E-state index contributed by atoms with van der Waals surface area (Å²) in [6.07, 6.45) is 0. The SMILES string of the molecule is Nc1c(F)cccc1C(=O)Nc1cc(Br)ccc1Br. The number of nitrogens with two attached hydrogens (primary N) is 1. The molecule has 0 atom stereocenters. The molecule has 0 heterocycles. The van der Waals surface area contributed by atoms with Gasteiger partial charge in [0, 0.05) is 8.95 Å². The first-order valence-corrected chi connectivity index (χ1v) is 6.88. The van der Waals surface area contributed by atoms with Crippen molar-refractivity contribution in [1.82, 2.24) is 0 Å². The van der Waals surface area contributed by atoms with Crippen LogP contribution < -0.4 is 11.1 Å². The van der Waals surface area contributed by atoms with Gasteiger partial charge in [-0.1, -0.05) is 22.0 Å². The van der Waals surface area contributed by atoms with Crippen LogP contribution in [0.1, 0.15) is 10.4 Å². The maximum atomic E-state index is 13.3. The van der Waals surface area contributed by atoms with Crippen LogP contribution in [0.2, 0.25) is 0 Å². The third kappa shape index (κ3) is 3.13. The second-order valence-corrected chi connectivity index (χ2v) is 5.55. The Labute approximate surface area is 126 Å². The number of carbonyl (C=O) groups excluding carboxylic acids is 1. The molecule has 0 radical (unpaired) electrons. The van der Waals surface area contributed by atoms with Crippen molar-refractivity contribution in [3.8, 4) is 0 Å². The van der Waals surface area contributed by atoms with Crippen LogP contribution in [0.5, 0.6) is 0 Å². The topological polar surface area (TPSA) is 55.1 Å². The molecule has 0 saturated heterocycles. The molecule has 0 aliphatic heterocycles. The summed E-state index contributed by atoms with van der Waals surface area (Å²) in [6.45, 7) is 0. The number of benzene rings is 2. The first kappa shape index (κ1) is 14.0. The van der Waals surface area contributed by atoms with E-state index in [1.807, 2.05) is 6.07 Å². The lowest BCUT2D eigenvalue weighted by Crippen LogP contribution is -2.15. The van der Waals surface area contributed by atoms with E-state index >= 15 is 0 Å². The molecule has 3 nitrogen and oxygen atoms in total. The Morgan fingerprint density at radius 3 is 2.68 bits per heavy atom. The molecule has 19 heavy (non-hydrogen) atoms. The molecule has 0 fully saturated rings. The number of amides is 1. The summed E-state index contributed by atoms with van der Waals surface area (Å²) in [6, 6.07) is 9.47. The molecule has 0 aliphatic carbocycles. The number of anilines is 2. The number of para-hydroxylation sites is 1. The molecule has 0 unspecified atom stereocenters. The summed E-state index contributed by atoms with van der Waals surface area (Å²) in [4.78, 5) is 12.1. The number of halogens is 3. The molecular formula is C13H9Br2FN2O. The normalized spacial score (nSPS) is 10.3. The Bertz CT molecular complexity index is 647. The fourth-order valence-electron chi connectivity index (χ4n) is 1.52. The molecule has 0 saturated carbocycles. The number of hydrogen-bond acceptors (Lipinski definition) is 2. The Morgan fingerprint density at radius 1 is 1.21 bits per heavy atom. The molecule has 3 N–H and O–H groups in total. The van der Waals surface area contributed by atoms with Gasteiger partial charge in [0.15, 0.2) is 0 Å². The van der Waals surface area contributed by atoms with E-state index in [1.165, 1.54) is 18.2 Å². The van der Waals surface area contributed by atoms with Crippen molar-refractivity contribution in [2.24, 2.45) is 0 Å². The molecule has 2 rings (SSSR count). The van der Waals surface area contributed by atoms with Crippen molar-refractivity contribution in [2.75, 3.05) is 11.1 Å². The lowest BCUT2D eigenvalue weighted by atomic mass is 10.1. The van der Waals surface area contributed by atoms with Crippen molar-refractivity contribution in [3.63, 3.8) is 0 Å². The van der Waals surface area contributed by atoms with Crippen LogP contribution in [0.15, 0.2) is 45.3 Å². The number of nitrogen functional groups attached to an aromatic ring is 1. The van der Waals surface area contributed by atoms with Crippen LogP contribution >= 0.6 is 31.9 Å². The number of hydrogen-bond donors (Lipinski definition) is 2. The third-order valence-electron chi connectivity index (χ3n) is 2.47. The highest BCUT2D eigenvalue weighted by molar-refractivity contribution is 9.11. The quantitative estimate of drug-likeness (QED) is 0.759. The standard InChI is InChI=1S/C13H9Br2FN2O/c14-7-4-5-9(15)11(6-7)18-13(19)8-2-1-3-10(16)12(8)17/h1-6H,17H2,(H,18,19). The van der Waals surface area contributed by atoms with E-state index in [1.54, 1.807) is 12.1 Å². The number of nitrogens with one attached hydrogen (secondary N) is 1. The predicted octanol–water partition coefficient (Wildman–Crippen LogP) is 4.19. The van der Waals surface area contributed by atoms with Gasteiger partial charge in [0.1, 0.15) is 5.82 Å². The van der Waals surface area contributed by atoms with E-state index in [-0.39, 0.29) is 11.3 Å². The van der Waals surface area contributed by atoms with Gasteiger partial charge in [-0.25, -0.2) is 4.39 Å². The second-order valence-electron chi connectivity index (χ2n) is 3.78. The van der Waals surface area contributed by atoms with Crippen molar-refractivity contribution in [3.05, 3.63) is 56.7 Å². The zero-order valence-electron chi connectivity index (χ0n) is 9.58. The molecule has 6 heteroatoms. The Hall–Kier alpha value is -1.40. The Morgan fingerprint density at radius 2 is 1.95 bits per heavy atom. The zero-order valence-corrected chi connectivity index (χ0v) is 12.8. The summed E-state index contributed by atoms with van der Waals surface area (Å²) in [7, 11) is 0. The molecule has 0 bridgehead atoms. The van der Waals surface area contributed by atoms with E-state index in [2.05, 4.69) is 37.2 Å². The summed E-state index contributed by atoms with van der Waals surface area (Å²) in [5.41, 5.74) is 6.06. The molecule has 0 aromatic heterocycles. The highest BCUT2D eigenvalue weighted by Crippen LogP contribution is 2.27. The minimum atomic E-state index is -0.610. The van der Waals surface area contributed by atoms with Gasteiger partial charge >= 0.3 is 0 Å². The molecule has 0 spiro atoms. The minimum absolute atomic E-state index is 0.104. The Balaban J connectivity index is 2.31. The van der Waals surface area contributed by atoms with Crippen molar-refractivity contribution in [1.29, 1.82) is 0 Å². The minimum Gasteiger partial charge on any atom is -0.396 e. The van der Waals surface area contributed by atoms with E-state index < -0.39 is 11.7 Å². The number of carbonyl (C=O) groups is 1. The van der Waals surface area contributed by atoms with Crippen molar-refractivity contribution >= 4 is 49.1 Å². The van der Waals surface area contributed by atoms with Crippen LogP contribution in [-0.4, -0.2) is 5.91 Å². The monoisotopic (exact) mass is 386 g/mol. The van der Waals surface area contributed by atoms with Crippen molar-refractivity contribution in [2.45, 2.75) is 0 Å². The average Bonchev–Trinajstić information content (AvgIpc) is 2.37. The summed E-state index contributed by atoms with van der Waals surface area (Å²) >= 11 is 6.64. The Kier molecular flexibility index (Phi) is 4.21. The highest BCUT2D eigenvalue weighted by Gasteiger charge is 2.14. The average molecular weight is 388 g/mol. The van der Waals surface area contributed by atoms with Crippen LogP contribution in [0, 0.1) is 5.82 Å². The van der Waals surface area contributed by atoms with Gasteiger partial charge in [-0.2, -0.15) is 0 Å². The highest BCUT2D eigenvalue weighted by atomic mass is 79.9. The number of rotatable bonds is 2. The summed E-state index contributed by atoms with van der Waals surface area (Å²) < 4.78 is 14.8. The maximum absolute atomic E-state index is 13.3. The van der Waals surface area contributed by atoms with Crippen LogP contribution in [-0.2, 0) is 0 Å². The van der Waals surface area contributed by atoms with E-state index in [0.717, 1.165) is 8.95 Å². The lowest BCUT2D eigenvalue weighted by molar-refractivity contribution is 0.102. The smallest absolute Gasteiger partial charge is 0.257 e. The molecule has 1 amide bonds. The molecular weight excluding hydrogens is 379 g/mol. The van der Waals surface area contributed by atoms with Gasteiger partial charge in [-0.3, -0.25) is 4.79 Å². The van der Waals surface area contributed by atoms with Gasteiger partial charge in [-0.05, 0) is 46.3 Å². The first-order valence-electron chi connectivity index (χ1n) is 5.29. The molecule has 2 aromatic rings.